The van der Waals surface area contributed by atoms with Crippen LogP contribution in [0.2, 0.25) is 0 Å². The summed E-state index contributed by atoms with van der Waals surface area (Å²) in [6, 6.07) is 9.05. The highest BCUT2D eigenvalue weighted by atomic mass is 79.9. The van der Waals surface area contributed by atoms with Gasteiger partial charge in [0, 0.05) is 6.20 Å². The molecule has 0 amide bonds. The maximum Gasteiger partial charge on any atom is 0.335 e. The highest BCUT2D eigenvalue weighted by molar-refractivity contribution is 9.10. The summed E-state index contributed by atoms with van der Waals surface area (Å²) in [4.78, 5) is 15.3. The van der Waals surface area contributed by atoms with Crippen molar-refractivity contribution in [3.05, 3.63) is 63.4 Å². The van der Waals surface area contributed by atoms with Gasteiger partial charge in [0.05, 0.1) is 5.56 Å². The number of hydrogen-bond donors (Lipinski definition) is 1. The molecule has 0 saturated heterocycles. The van der Waals surface area contributed by atoms with Crippen LogP contribution in [0.3, 0.4) is 0 Å². The highest BCUT2D eigenvalue weighted by Crippen LogP contribution is 2.18. The van der Waals surface area contributed by atoms with Crippen LogP contribution >= 0.6 is 15.9 Å². The molecular formula is C14H12BrNO2. The fraction of sp³-hybridized carbons (Fsp3) is 0.143. The quantitative estimate of drug-likeness (QED) is 0.884. The number of aryl methyl sites for hydroxylation is 1. The van der Waals surface area contributed by atoms with Gasteiger partial charge in [0.2, 0.25) is 0 Å². The Bertz CT molecular complexity index is 596. The van der Waals surface area contributed by atoms with Crippen molar-refractivity contribution >= 4 is 21.9 Å². The first-order valence-corrected chi connectivity index (χ1v) is 6.29. The molecule has 0 bridgehead atoms. The normalized spacial score (nSPS) is 10.3. The molecule has 18 heavy (non-hydrogen) atoms. The Hall–Kier alpha value is -1.68. The number of pyridine rings is 1. The second-order valence-corrected chi connectivity index (χ2v) is 4.84. The van der Waals surface area contributed by atoms with Gasteiger partial charge in [-0.05, 0) is 52.0 Å². The molecule has 0 aliphatic carbocycles. The minimum absolute atomic E-state index is 0.345. The second-order valence-electron chi connectivity index (χ2n) is 4.09. The summed E-state index contributed by atoms with van der Waals surface area (Å²) in [6.07, 6.45) is 2.33. The topological polar surface area (TPSA) is 50.2 Å². The fourth-order valence-electron chi connectivity index (χ4n) is 1.82. The van der Waals surface area contributed by atoms with Crippen LogP contribution in [0.1, 0.15) is 27.0 Å². The molecule has 4 heteroatoms. The molecule has 1 N–H and O–H groups in total. The number of carbonyl (C=O) groups is 1. The monoisotopic (exact) mass is 305 g/mol. The van der Waals surface area contributed by atoms with Crippen LogP contribution in [0.25, 0.3) is 0 Å². The molecule has 0 spiro atoms. The van der Waals surface area contributed by atoms with Crippen molar-refractivity contribution in [3.8, 4) is 0 Å². The highest BCUT2D eigenvalue weighted by Gasteiger charge is 2.09. The molecule has 3 nitrogen and oxygen atoms in total. The van der Waals surface area contributed by atoms with Crippen molar-refractivity contribution in [2.75, 3.05) is 0 Å². The Morgan fingerprint density at radius 3 is 2.78 bits per heavy atom. The third-order valence-corrected chi connectivity index (χ3v) is 3.54. The van der Waals surface area contributed by atoms with Crippen LogP contribution in [0.5, 0.6) is 0 Å². The molecule has 1 heterocycles. The number of aromatic nitrogens is 1. The van der Waals surface area contributed by atoms with Crippen LogP contribution in [0.15, 0.2) is 41.1 Å². The molecule has 0 aliphatic heterocycles. The summed E-state index contributed by atoms with van der Waals surface area (Å²) in [7, 11) is 0. The smallest absolute Gasteiger partial charge is 0.335 e. The summed E-state index contributed by atoms with van der Waals surface area (Å²) >= 11 is 3.35. The summed E-state index contributed by atoms with van der Waals surface area (Å²) < 4.78 is 0.817. The lowest BCUT2D eigenvalue weighted by Crippen LogP contribution is -2.03. The Labute approximate surface area is 114 Å². The van der Waals surface area contributed by atoms with E-state index < -0.39 is 5.97 Å². The minimum atomic E-state index is -0.896. The van der Waals surface area contributed by atoms with Gasteiger partial charge < -0.3 is 5.11 Å². The van der Waals surface area contributed by atoms with E-state index in [1.165, 1.54) is 0 Å². The van der Waals surface area contributed by atoms with Gasteiger partial charge >= 0.3 is 5.97 Å². The SMILES string of the molecule is Cc1cc(Cc2ccccc2C(=O)O)cnc1Br. The van der Waals surface area contributed by atoms with E-state index in [1.54, 1.807) is 18.3 Å². The van der Waals surface area contributed by atoms with Crippen LogP contribution in [-0.2, 0) is 6.42 Å². The van der Waals surface area contributed by atoms with Crippen LogP contribution in [0.4, 0.5) is 0 Å². The van der Waals surface area contributed by atoms with Gasteiger partial charge in [-0.15, -0.1) is 0 Å². The average Bonchev–Trinajstić information content (AvgIpc) is 2.34. The number of halogens is 1. The van der Waals surface area contributed by atoms with E-state index >= 15 is 0 Å². The average molecular weight is 306 g/mol. The van der Waals surface area contributed by atoms with Crippen LogP contribution < -0.4 is 0 Å². The lowest BCUT2D eigenvalue weighted by molar-refractivity contribution is 0.0696. The Balaban J connectivity index is 2.34. The fourth-order valence-corrected chi connectivity index (χ4v) is 2.03. The third-order valence-electron chi connectivity index (χ3n) is 2.71. The van der Waals surface area contributed by atoms with Crippen molar-refractivity contribution < 1.29 is 9.90 Å². The third kappa shape index (κ3) is 2.76. The minimum Gasteiger partial charge on any atom is -0.478 e. The zero-order valence-corrected chi connectivity index (χ0v) is 11.4. The standard InChI is InChI=1S/C14H12BrNO2/c1-9-6-10(8-16-13(9)15)7-11-4-2-3-5-12(11)14(17)18/h2-6,8H,7H2,1H3,(H,17,18). The van der Waals surface area contributed by atoms with Crippen molar-refractivity contribution in [2.45, 2.75) is 13.3 Å². The van der Waals surface area contributed by atoms with Gasteiger partial charge in [-0.25, -0.2) is 9.78 Å². The first kappa shape index (κ1) is 12.8. The summed E-state index contributed by atoms with van der Waals surface area (Å²) in [5, 5.41) is 9.12. The summed E-state index contributed by atoms with van der Waals surface area (Å²) in [6.45, 7) is 1.96. The van der Waals surface area contributed by atoms with E-state index in [2.05, 4.69) is 20.9 Å². The van der Waals surface area contributed by atoms with E-state index in [0.29, 0.717) is 12.0 Å². The number of benzene rings is 1. The van der Waals surface area contributed by atoms with E-state index in [0.717, 1.165) is 21.3 Å². The predicted octanol–water partition coefficient (Wildman–Crippen LogP) is 3.44. The second kappa shape index (κ2) is 5.31. The Morgan fingerprint density at radius 1 is 1.39 bits per heavy atom. The van der Waals surface area contributed by atoms with Crippen molar-refractivity contribution in [1.82, 2.24) is 4.98 Å². The van der Waals surface area contributed by atoms with Gasteiger partial charge in [0.25, 0.3) is 0 Å². The molecule has 92 valence electrons. The van der Waals surface area contributed by atoms with Crippen molar-refractivity contribution in [1.29, 1.82) is 0 Å². The first-order chi connectivity index (χ1) is 8.58. The molecule has 1 aromatic carbocycles. The largest absolute Gasteiger partial charge is 0.478 e. The van der Waals surface area contributed by atoms with E-state index in [9.17, 15) is 4.79 Å². The molecule has 1 aromatic heterocycles. The lowest BCUT2D eigenvalue weighted by Gasteiger charge is -2.07. The molecule has 0 unspecified atom stereocenters. The molecule has 0 atom stereocenters. The van der Waals surface area contributed by atoms with Gasteiger partial charge in [-0.1, -0.05) is 24.3 Å². The molecule has 0 radical (unpaired) electrons. The summed E-state index contributed by atoms with van der Waals surface area (Å²) in [5.74, 6) is -0.896. The summed E-state index contributed by atoms with van der Waals surface area (Å²) in [5.41, 5.74) is 3.19. The number of nitrogens with zero attached hydrogens (tertiary/aromatic N) is 1. The van der Waals surface area contributed by atoms with Gasteiger partial charge in [-0.3, -0.25) is 0 Å². The predicted molar refractivity (Wildman–Crippen MR) is 72.9 cm³/mol. The van der Waals surface area contributed by atoms with Gasteiger partial charge in [0.15, 0.2) is 0 Å². The van der Waals surface area contributed by atoms with Crippen molar-refractivity contribution in [3.63, 3.8) is 0 Å². The molecule has 2 rings (SSSR count). The Kier molecular flexibility index (Phi) is 3.77. The maximum absolute atomic E-state index is 11.1. The lowest BCUT2D eigenvalue weighted by atomic mass is 10.0. The van der Waals surface area contributed by atoms with E-state index in [-0.39, 0.29) is 0 Å². The van der Waals surface area contributed by atoms with Crippen LogP contribution in [0, 0.1) is 6.92 Å². The maximum atomic E-state index is 11.1. The number of hydrogen-bond acceptors (Lipinski definition) is 2. The first-order valence-electron chi connectivity index (χ1n) is 5.50. The molecule has 0 saturated carbocycles. The van der Waals surface area contributed by atoms with Gasteiger partial charge in [0.1, 0.15) is 4.60 Å². The zero-order valence-electron chi connectivity index (χ0n) is 9.85. The van der Waals surface area contributed by atoms with Gasteiger partial charge in [-0.2, -0.15) is 0 Å². The Morgan fingerprint density at radius 2 is 2.11 bits per heavy atom. The number of carboxylic acid groups (broad SMARTS) is 1. The van der Waals surface area contributed by atoms with Crippen molar-refractivity contribution in [2.24, 2.45) is 0 Å². The molecule has 0 fully saturated rings. The van der Waals surface area contributed by atoms with E-state index in [1.807, 2.05) is 25.1 Å². The van der Waals surface area contributed by atoms with E-state index in [4.69, 9.17) is 5.11 Å². The number of rotatable bonds is 3. The molecular weight excluding hydrogens is 294 g/mol. The number of carboxylic acids is 1. The number of aromatic carboxylic acids is 1. The molecule has 2 aromatic rings. The zero-order chi connectivity index (χ0) is 13.1. The molecule has 0 aliphatic rings. The van der Waals surface area contributed by atoms with Crippen LogP contribution in [-0.4, -0.2) is 16.1 Å².